The minimum atomic E-state index is -0.900. The number of para-hydroxylation sites is 2. The highest BCUT2D eigenvalue weighted by molar-refractivity contribution is 6.01. The minimum absolute atomic E-state index is 0.135. The van der Waals surface area contributed by atoms with E-state index in [2.05, 4.69) is 5.32 Å². The van der Waals surface area contributed by atoms with Crippen LogP contribution in [0.25, 0.3) is 0 Å². The van der Waals surface area contributed by atoms with E-state index in [0.29, 0.717) is 17.9 Å². The molecular formula is C20H28N2O5. The molecule has 0 saturated heterocycles. The molecule has 0 aliphatic carbocycles. The first-order valence-electron chi connectivity index (χ1n) is 9.10. The quantitative estimate of drug-likeness (QED) is 0.770. The largest absolute Gasteiger partial charge is 0.482 e. The second-order valence-corrected chi connectivity index (χ2v) is 8.08. The van der Waals surface area contributed by atoms with Crippen LogP contribution in [-0.4, -0.2) is 42.6 Å². The molecule has 1 aliphatic rings. The number of hydrogen-bond donors (Lipinski definition) is 1. The van der Waals surface area contributed by atoms with Gasteiger partial charge in [-0.2, -0.15) is 0 Å². The van der Waals surface area contributed by atoms with Gasteiger partial charge < -0.3 is 14.8 Å². The number of nitrogens with one attached hydrogen (secondary N) is 1. The molecule has 1 aromatic carbocycles. The van der Waals surface area contributed by atoms with Crippen molar-refractivity contribution in [2.24, 2.45) is 5.92 Å². The Labute approximate surface area is 160 Å². The molecule has 2 amide bonds. The van der Waals surface area contributed by atoms with Crippen molar-refractivity contribution in [1.82, 2.24) is 5.32 Å². The zero-order valence-electron chi connectivity index (χ0n) is 16.6. The summed E-state index contributed by atoms with van der Waals surface area (Å²) in [7, 11) is 0. The molecule has 7 nitrogen and oxygen atoms in total. The van der Waals surface area contributed by atoms with Gasteiger partial charge in [0.05, 0.1) is 5.69 Å². The number of rotatable bonds is 6. The van der Waals surface area contributed by atoms with Crippen LogP contribution in [0.3, 0.4) is 0 Å². The van der Waals surface area contributed by atoms with Gasteiger partial charge in [-0.25, -0.2) is 0 Å². The number of fused-ring (bicyclic) bond motifs is 1. The van der Waals surface area contributed by atoms with Crippen molar-refractivity contribution in [3.63, 3.8) is 0 Å². The van der Waals surface area contributed by atoms with Gasteiger partial charge >= 0.3 is 5.97 Å². The number of ether oxygens (including phenoxy) is 2. The van der Waals surface area contributed by atoms with E-state index < -0.39 is 17.6 Å². The van der Waals surface area contributed by atoms with E-state index >= 15 is 0 Å². The Morgan fingerprint density at radius 3 is 2.56 bits per heavy atom. The van der Waals surface area contributed by atoms with E-state index in [0.717, 1.165) is 0 Å². The van der Waals surface area contributed by atoms with Crippen molar-refractivity contribution in [2.45, 2.75) is 52.7 Å². The van der Waals surface area contributed by atoms with Gasteiger partial charge in [-0.15, -0.1) is 0 Å². The SMILES string of the molecule is CC(C)C[C@@H](OC(=O)CN1C(=O)COc2ccccc21)C(=O)NC(C)(C)C. The molecule has 1 aliphatic heterocycles. The van der Waals surface area contributed by atoms with Crippen LogP contribution in [0.2, 0.25) is 0 Å². The topological polar surface area (TPSA) is 84.9 Å². The lowest BCUT2D eigenvalue weighted by molar-refractivity contribution is -0.156. The number of nitrogens with zero attached hydrogens (tertiary/aromatic N) is 1. The molecule has 0 fully saturated rings. The number of carbonyl (C=O) groups is 3. The fraction of sp³-hybridized carbons (Fsp3) is 0.550. The summed E-state index contributed by atoms with van der Waals surface area (Å²) in [5, 5.41) is 2.84. The van der Waals surface area contributed by atoms with Crippen LogP contribution in [0.15, 0.2) is 24.3 Å². The number of esters is 1. The smallest absolute Gasteiger partial charge is 0.326 e. The molecule has 0 radical (unpaired) electrons. The van der Waals surface area contributed by atoms with Gasteiger partial charge in [0.1, 0.15) is 12.3 Å². The molecule has 1 atom stereocenters. The summed E-state index contributed by atoms with van der Waals surface area (Å²) in [5.41, 5.74) is 0.0860. The highest BCUT2D eigenvalue weighted by Crippen LogP contribution is 2.31. The second-order valence-electron chi connectivity index (χ2n) is 8.08. The Balaban J connectivity index is 2.09. The lowest BCUT2D eigenvalue weighted by Crippen LogP contribution is -2.49. The van der Waals surface area contributed by atoms with Crippen LogP contribution in [-0.2, 0) is 19.1 Å². The summed E-state index contributed by atoms with van der Waals surface area (Å²) in [6, 6.07) is 6.99. The van der Waals surface area contributed by atoms with Crippen LogP contribution in [0, 0.1) is 5.92 Å². The van der Waals surface area contributed by atoms with Crippen LogP contribution >= 0.6 is 0 Å². The van der Waals surface area contributed by atoms with Crippen molar-refractivity contribution < 1.29 is 23.9 Å². The van der Waals surface area contributed by atoms with E-state index in [1.807, 2.05) is 34.6 Å². The number of anilines is 1. The van der Waals surface area contributed by atoms with E-state index in [4.69, 9.17) is 9.47 Å². The summed E-state index contributed by atoms with van der Waals surface area (Å²) in [6.07, 6.45) is -0.496. The van der Waals surface area contributed by atoms with Crippen molar-refractivity contribution in [3.05, 3.63) is 24.3 Å². The van der Waals surface area contributed by atoms with Gasteiger partial charge in [0, 0.05) is 5.54 Å². The Morgan fingerprint density at radius 2 is 1.93 bits per heavy atom. The van der Waals surface area contributed by atoms with Crippen LogP contribution in [0.5, 0.6) is 5.75 Å². The van der Waals surface area contributed by atoms with Crippen molar-refractivity contribution in [2.75, 3.05) is 18.1 Å². The van der Waals surface area contributed by atoms with Crippen molar-refractivity contribution in [1.29, 1.82) is 0 Å². The molecule has 7 heteroatoms. The Morgan fingerprint density at radius 1 is 1.26 bits per heavy atom. The molecule has 0 saturated carbocycles. The molecule has 2 rings (SSSR count). The third-order valence-corrected chi connectivity index (χ3v) is 3.85. The number of amides is 2. The molecule has 27 heavy (non-hydrogen) atoms. The number of carbonyl (C=O) groups excluding carboxylic acids is 3. The van der Waals surface area contributed by atoms with E-state index in [-0.39, 0.29) is 30.9 Å². The third kappa shape index (κ3) is 5.98. The lowest BCUT2D eigenvalue weighted by atomic mass is 10.0. The Bertz CT molecular complexity index is 709. The van der Waals surface area contributed by atoms with Gasteiger partial charge in [0.25, 0.3) is 11.8 Å². The first kappa shape index (κ1) is 20.7. The number of hydrogen-bond acceptors (Lipinski definition) is 5. The predicted molar refractivity (Wildman–Crippen MR) is 102 cm³/mol. The van der Waals surface area contributed by atoms with Gasteiger partial charge in [-0.1, -0.05) is 26.0 Å². The molecule has 0 unspecified atom stereocenters. The average Bonchev–Trinajstić information content (AvgIpc) is 2.55. The predicted octanol–water partition coefficient (Wildman–Crippen LogP) is 2.28. The molecule has 1 heterocycles. The van der Waals surface area contributed by atoms with Gasteiger partial charge in [0.2, 0.25) is 0 Å². The molecule has 0 spiro atoms. The first-order chi connectivity index (χ1) is 12.6. The zero-order chi connectivity index (χ0) is 20.2. The van der Waals surface area contributed by atoms with Crippen molar-refractivity contribution >= 4 is 23.5 Å². The summed E-state index contributed by atoms with van der Waals surface area (Å²) in [6.45, 7) is 9.09. The fourth-order valence-corrected chi connectivity index (χ4v) is 2.74. The van der Waals surface area contributed by atoms with Gasteiger partial charge in [-0.3, -0.25) is 19.3 Å². The fourth-order valence-electron chi connectivity index (χ4n) is 2.74. The van der Waals surface area contributed by atoms with Crippen LogP contribution in [0.1, 0.15) is 41.0 Å². The van der Waals surface area contributed by atoms with E-state index in [9.17, 15) is 14.4 Å². The Hall–Kier alpha value is -2.57. The van der Waals surface area contributed by atoms with Gasteiger partial charge in [0.15, 0.2) is 12.7 Å². The third-order valence-electron chi connectivity index (χ3n) is 3.85. The van der Waals surface area contributed by atoms with Gasteiger partial charge in [-0.05, 0) is 45.2 Å². The summed E-state index contributed by atoms with van der Waals surface area (Å²) in [5.74, 6) is -0.591. The average molecular weight is 376 g/mol. The summed E-state index contributed by atoms with van der Waals surface area (Å²) in [4.78, 5) is 38.5. The highest BCUT2D eigenvalue weighted by atomic mass is 16.5. The maximum atomic E-state index is 12.5. The monoisotopic (exact) mass is 376 g/mol. The van der Waals surface area contributed by atoms with Crippen LogP contribution < -0.4 is 15.0 Å². The summed E-state index contributed by atoms with van der Waals surface area (Å²) < 4.78 is 10.8. The van der Waals surface area contributed by atoms with E-state index in [1.165, 1.54) is 4.90 Å². The standard InChI is InChI=1S/C20H28N2O5/c1-13(2)10-16(19(25)21-20(3,4)5)27-18(24)11-22-14-8-6-7-9-15(14)26-12-17(22)23/h6-9,13,16H,10-12H2,1-5H3,(H,21,25)/t16-/m1/s1. The maximum absolute atomic E-state index is 12.5. The van der Waals surface area contributed by atoms with Crippen molar-refractivity contribution in [3.8, 4) is 5.75 Å². The summed E-state index contributed by atoms with van der Waals surface area (Å²) >= 11 is 0. The lowest BCUT2D eigenvalue weighted by Gasteiger charge is -2.29. The normalized spacial score (nSPS) is 15.0. The minimum Gasteiger partial charge on any atom is -0.482 e. The first-order valence-corrected chi connectivity index (χ1v) is 9.10. The Kier molecular flexibility index (Phi) is 6.46. The zero-order valence-corrected chi connectivity index (χ0v) is 16.6. The maximum Gasteiger partial charge on any atom is 0.326 e. The van der Waals surface area contributed by atoms with Crippen LogP contribution in [0.4, 0.5) is 5.69 Å². The molecule has 1 aromatic rings. The second kappa shape index (κ2) is 8.41. The highest BCUT2D eigenvalue weighted by Gasteiger charge is 2.31. The van der Waals surface area contributed by atoms with E-state index in [1.54, 1.807) is 24.3 Å². The molecule has 148 valence electrons. The molecule has 0 bridgehead atoms. The number of benzene rings is 1. The molecular weight excluding hydrogens is 348 g/mol. The molecule has 0 aromatic heterocycles. The molecule has 1 N–H and O–H groups in total.